The van der Waals surface area contributed by atoms with Gasteiger partial charge in [-0.15, -0.1) is 0 Å². The molecule has 0 saturated carbocycles. The number of nitrogens with zero attached hydrogens (tertiary/aromatic N) is 4. The Hall–Kier alpha value is -2.58. The Kier molecular flexibility index (Phi) is 3.35. The third-order valence-corrected chi connectivity index (χ3v) is 3.04. The largest absolute Gasteiger partial charge is 0.468 e. The van der Waals surface area contributed by atoms with Gasteiger partial charge in [0, 0.05) is 21.1 Å². The summed E-state index contributed by atoms with van der Waals surface area (Å²) >= 11 is 0. The summed E-state index contributed by atoms with van der Waals surface area (Å²) in [5, 5.41) is 0. The highest BCUT2D eigenvalue weighted by molar-refractivity contribution is 5.77. The maximum atomic E-state index is 12.0. The number of imidazole rings is 1. The van der Waals surface area contributed by atoms with Gasteiger partial charge >= 0.3 is 11.7 Å². The van der Waals surface area contributed by atoms with E-state index in [-0.39, 0.29) is 17.7 Å². The first-order chi connectivity index (χ1) is 9.36. The molecule has 2 heterocycles. The number of hydrogen-bond donors (Lipinski definition) is 1. The van der Waals surface area contributed by atoms with Crippen LogP contribution in [0.1, 0.15) is 0 Å². The number of rotatable bonds is 3. The maximum absolute atomic E-state index is 12.0. The van der Waals surface area contributed by atoms with Crippen LogP contribution in [-0.4, -0.2) is 45.8 Å². The molecule has 0 fully saturated rings. The van der Waals surface area contributed by atoms with Crippen LogP contribution in [0.2, 0.25) is 0 Å². The van der Waals surface area contributed by atoms with Gasteiger partial charge in [-0.2, -0.15) is 4.98 Å². The minimum atomic E-state index is -0.465. The Morgan fingerprint density at radius 2 is 2.00 bits per heavy atom. The zero-order chi connectivity index (χ0) is 15.0. The molecular formula is C11H15N5O4. The van der Waals surface area contributed by atoms with Crippen molar-refractivity contribution in [1.29, 1.82) is 0 Å². The van der Waals surface area contributed by atoms with E-state index in [2.05, 4.69) is 14.7 Å². The molecule has 9 nitrogen and oxygen atoms in total. The highest BCUT2D eigenvalue weighted by atomic mass is 16.5. The predicted octanol–water partition coefficient (Wildman–Crippen LogP) is -1.43. The van der Waals surface area contributed by atoms with Crippen LogP contribution in [0, 0.1) is 0 Å². The van der Waals surface area contributed by atoms with Crippen LogP contribution >= 0.6 is 0 Å². The van der Waals surface area contributed by atoms with E-state index in [0.717, 1.165) is 4.57 Å². The lowest BCUT2D eigenvalue weighted by molar-refractivity contribution is -0.138. The van der Waals surface area contributed by atoms with Crippen LogP contribution in [0.5, 0.6) is 0 Å². The number of likely N-dealkylation sites (N-methyl/N-ethyl adjacent to an activating group) is 1. The molecular weight excluding hydrogens is 266 g/mol. The van der Waals surface area contributed by atoms with Crippen molar-refractivity contribution in [3.63, 3.8) is 0 Å². The molecule has 0 unspecified atom stereocenters. The molecule has 0 aliphatic rings. The van der Waals surface area contributed by atoms with Crippen molar-refractivity contribution in [2.75, 3.05) is 25.6 Å². The summed E-state index contributed by atoms with van der Waals surface area (Å²) in [6, 6.07) is 0. The van der Waals surface area contributed by atoms with E-state index in [1.807, 2.05) is 0 Å². The van der Waals surface area contributed by atoms with Gasteiger partial charge < -0.3 is 14.6 Å². The molecule has 9 heteroatoms. The Bertz CT molecular complexity index is 784. The van der Waals surface area contributed by atoms with Crippen LogP contribution < -0.4 is 16.1 Å². The average molecular weight is 281 g/mol. The smallest absolute Gasteiger partial charge is 0.332 e. The molecule has 0 bridgehead atoms. The fourth-order valence-electron chi connectivity index (χ4n) is 1.83. The van der Waals surface area contributed by atoms with Crippen molar-refractivity contribution in [3.8, 4) is 0 Å². The van der Waals surface area contributed by atoms with Gasteiger partial charge in [-0.3, -0.25) is 18.7 Å². The summed E-state index contributed by atoms with van der Waals surface area (Å²) in [4.78, 5) is 43.5. The first kappa shape index (κ1) is 13.8. The Balaban J connectivity index is 2.57. The van der Waals surface area contributed by atoms with Gasteiger partial charge in [0.15, 0.2) is 11.2 Å². The van der Waals surface area contributed by atoms with E-state index in [1.165, 1.54) is 30.7 Å². The summed E-state index contributed by atoms with van der Waals surface area (Å²) in [6.07, 6.45) is 0. The number of H-pyrrole nitrogens is 1. The number of nitrogens with one attached hydrogen (secondary N) is 1. The van der Waals surface area contributed by atoms with Gasteiger partial charge in [-0.25, -0.2) is 4.79 Å². The number of aromatic amines is 1. The van der Waals surface area contributed by atoms with Gasteiger partial charge in [0.25, 0.3) is 5.56 Å². The fraction of sp³-hybridized carbons (Fsp3) is 0.455. The summed E-state index contributed by atoms with van der Waals surface area (Å²) in [7, 11) is 5.82. The van der Waals surface area contributed by atoms with E-state index < -0.39 is 17.2 Å². The monoisotopic (exact) mass is 281 g/mol. The minimum Gasteiger partial charge on any atom is -0.468 e. The maximum Gasteiger partial charge on any atom is 0.332 e. The number of aromatic nitrogens is 4. The second-order valence-corrected chi connectivity index (χ2v) is 4.40. The Labute approximate surface area is 113 Å². The van der Waals surface area contributed by atoms with Crippen molar-refractivity contribution in [3.05, 3.63) is 20.8 Å². The van der Waals surface area contributed by atoms with Crippen molar-refractivity contribution in [2.45, 2.75) is 0 Å². The molecule has 2 aromatic heterocycles. The van der Waals surface area contributed by atoms with Crippen molar-refractivity contribution >= 4 is 23.1 Å². The number of aryl methyl sites for hydroxylation is 1. The Morgan fingerprint density at radius 3 is 2.60 bits per heavy atom. The molecule has 20 heavy (non-hydrogen) atoms. The van der Waals surface area contributed by atoms with E-state index in [4.69, 9.17) is 0 Å². The second-order valence-electron chi connectivity index (χ2n) is 4.40. The van der Waals surface area contributed by atoms with Gasteiger partial charge in [-0.05, 0) is 0 Å². The normalized spacial score (nSPS) is 10.8. The molecule has 0 saturated heterocycles. The minimum absolute atomic E-state index is 0.0232. The molecule has 2 aromatic rings. The van der Waals surface area contributed by atoms with Gasteiger partial charge in [-0.1, -0.05) is 0 Å². The lowest BCUT2D eigenvalue weighted by atomic mass is 10.5. The summed E-state index contributed by atoms with van der Waals surface area (Å²) in [5.41, 5.74) is -0.476. The number of carbonyl (C=O) groups excluding carboxylic acids is 1. The molecule has 108 valence electrons. The van der Waals surface area contributed by atoms with Gasteiger partial charge in [0.2, 0.25) is 5.95 Å². The van der Waals surface area contributed by atoms with E-state index >= 15 is 0 Å². The standard InChI is InChI=1S/C11H15N5O4/c1-14(5-6(17)20-4)10-12-7-8(13-10)15(2)11(19)16(3)9(7)18/h5H2,1-4H3,(H,12,13). The van der Waals surface area contributed by atoms with Crippen LogP contribution in [0.4, 0.5) is 5.95 Å². The van der Waals surface area contributed by atoms with Crippen LogP contribution in [0.3, 0.4) is 0 Å². The number of fused-ring (bicyclic) bond motifs is 1. The van der Waals surface area contributed by atoms with Crippen LogP contribution in [-0.2, 0) is 23.6 Å². The highest BCUT2D eigenvalue weighted by Gasteiger charge is 2.16. The number of ether oxygens (including phenoxy) is 1. The number of carbonyl (C=O) groups is 1. The Morgan fingerprint density at radius 1 is 1.35 bits per heavy atom. The molecule has 0 spiro atoms. The fourth-order valence-corrected chi connectivity index (χ4v) is 1.83. The molecule has 2 rings (SSSR count). The number of anilines is 1. The number of esters is 1. The molecule has 0 aliphatic carbocycles. The van der Waals surface area contributed by atoms with Crippen LogP contribution in [0.15, 0.2) is 9.59 Å². The summed E-state index contributed by atoms with van der Waals surface area (Å²) in [5.74, 6) is -0.126. The molecule has 0 aromatic carbocycles. The van der Waals surface area contributed by atoms with Gasteiger partial charge in [0.05, 0.1) is 7.11 Å². The lowest BCUT2D eigenvalue weighted by Crippen LogP contribution is -2.36. The first-order valence-electron chi connectivity index (χ1n) is 5.80. The highest BCUT2D eigenvalue weighted by Crippen LogP contribution is 2.11. The second kappa shape index (κ2) is 4.83. The van der Waals surface area contributed by atoms with E-state index in [0.29, 0.717) is 5.95 Å². The van der Waals surface area contributed by atoms with Crippen molar-refractivity contribution in [2.24, 2.45) is 14.1 Å². The lowest BCUT2D eigenvalue weighted by Gasteiger charge is -2.13. The molecule has 0 amide bonds. The SMILES string of the molecule is COC(=O)CN(C)c1nc2c([nH]1)c(=O)n(C)c(=O)n2C. The van der Waals surface area contributed by atoms with Gasteiger partial charge in [0.1, 0.15) is 6.54 Å². The summed E-state index contributed by atoms with van der Waals surface area (Å²) in [6.45, 7) is -0.0232. The van der Waals surface area contributed by atoms with E-state index in [1.54, 1.807) is 7.05 Å². The molecule has 0 atom stereocenters. The molecule has 0 radical (unpaired) electrons. The third kappa shape index (κ3) is 2.06. The average Bonchev–Trinajstić information content (AvgIpc) is 2.88. The van der Waals surface area contributed by atoms with E-state index in [9.17, 15) is 14.4 Å². The zero-order valence-corrected chi connectivity index (χ0v) is 11.6. The quantitative estimate of drug-likeness (QED) is 0.692. The summed E-state index contributed by atoms with van der Waals surface area (Å²) < 4.78 is 6.82. The number of methoxy groups -OCH3 is 1. The predicted molar refractivity (Wildman–Crippen MR) is 71.9 cm³/mol. The molecule has 1 N–H and O–H groups in total. The van der Waals surface area contributed by atoms with Crippen LogP contribution in [0.25, 0.3) is 11.2 Å². The third-order valence-electron chi connectivity index (χ3n) is 3.04. The van der Waals surface area contributed by atoms with Crippen molar-refractivity contribution < 1.29 is 9.53 Å². The zero-order valence-electron chi connectivity index (χ0n) is 11.6. The number of hydrogen-bond acceptors (Lipinski definition) is 6. The first-order valence-corrected chi connectivity index (χ1v) is 5.80. The van der Waals surface area contributed by atoms with Crippen molar-refractivity contribution in [1.82, 2.24) is 19.1 Å². The molecule has 0 aliphatic heterocycles. The topological polar surface area (TPSA) is 102 Å².